The molecule has 0 heterocycles. The van der Waals surface area contributed by atoms with Crippen LogP contribution in [0.5, 0.6) is 17.2 Å². The quantitative estimate of drug-likeness (QED) is 0.605. The highest BCUT2D eigenvalue weighted by Gasteiger charge is 2.14. The molecule has 0 aliphatic carbocycles. The van der Waals surface area contributed by atoms with Crippen molar-refractivity contribution in [3.63, 3.8) is 0 Å². The third kappa shape index (κ3) is 5.49. The minimum absolute atomic E-state index is 0.0881. The van der Waals surface area contributed by atoms with Crippen molar-refractivity contribution in [1.29, 1.82) is 0 Å². The van der Waals surface area contributed by atoms with Crippen molar-refractivity contribution in [2.24, 2.45) is 0 Å². The number of hydrogen-bond donors (Lipinski definition) is 2. The first-order valence-electron chi connectivity index (χ1n) is 8.68. The summed E-state index contributed by atoms with van der Waals surface area (Å²) in [5.41, 5.74) is 0.925. The molecule has 3 aromatic carbocycles. The topological polar surface area (TPSA) is 93.7 Å². The minimum atomic E-state index is -3.76. The van der Waals surface area contributed by atoms with Gasteiger partial charge in [-0.2, -0.15) is 0 Å². The van der Waals surface area contributed by atoms with E-state index in [0.29, 0.717) is 22.9 Å². The van der Waals surface area contributed by atoms with E-state index in [2.05, 4.69) is 10.0 Å². The van der Waals surface area contributed by atoms with Crippen LogP contribution in [0.1, 0.15) is 6.92 Å². The van der Waals surface area contributed by atoms with Crippen LogP contribution in [0.4, 0.5) is 11.4 Å². The summed E-state index contributed by atoms with van der Waals surface area (Å²) in [6.45, 7) is 1.38. The van der Waals surface area contributed by atoms with Gasteiger partial charge in [0.1, 0.15) is 17.2 Å². The molecule has 0 spiro atoms. The lowest BCUT2D eigenvalue weighted by molar-refractivity contribution is -0.114. The fourth-order valence-corrected chi connectivity index (χ4v) is 3.56. The Morgan fingerprint density at radius 3 is 1.76 bits per heavy atom. The molecule has 0 saturated carbocycles. The molecule has 1 amide bonds. The van der Waals surface area contributed by atoms with Crippen LogP contribution in [0.3, 0.4) is 0 Å². The molecule has 2 N–H and O–H groups in total. The minimum Gasteiger partial charge on any atom is -0.497 e. The Kier molecular flexibility index (Phi) is 6.04. The molecular formula is C21H20N2O5S. The van der Waals surface area contributed by atoms with Crippen LogP contribution in [0.25, 0.3) is 0 Å². The van der Waals surface area contributed by atoms with Crippen molar-refractivity contribution < 1.29 is 22.7 Å². The van der Waals surface area contributed by atoms with Crippen molar-refractivity contribution in [2.75, 3.05) is 17.1 Å². The highest BCUT2D eigenvalue weighted by molar-refractivity contribution is 7.92. The number of ether oxygens (including phenoxy) is 2. The fourth-order valence-electron chi connectivity index (χ4n) is 2.51. The first-order valence-corrected chi connectivity index (χ1v) is 10.2. The highest BCUT2D eigenvalue weighted by Crippen LogP contribution is 2.26. The van der Waals surface area contributed by atoms with Crippen LogP contribution in [-0.2, 0) is 14.8 Å². The Balaban J connectivity index is 1.66. The molecule has 0 aromatic heterocycles. The van der Waals surface area contributed by atoms with Gasteiger partial charge >= 0.3 is 0 Å². The third-order valence-corrected chi connectivity index (χ3v) is 5.28. The highest BCUT2D eigenvalue weighted by atomic mass is 32.2. The van der Waals surface area contributed by atoms with Gasteiger partial charge in [-0.1, -0.05) is 0 Å². The molecule has 0 fully saturated rings. The monoisotopic (exact) mass is 412 g/mol. The van der Waals surface area contributed by atoms with E-state index < -0.39 is 10.0 Å². The van der Waals surface area contributed by atoms with Crippen molar-refractivity contribution >= 4 is 27.3 Å². The first-order chi connectivity index (χ1) is 13.9. The number of methoxy groups -OCH3 is 1. The number of carbonyl (C=O) groups excluding carboxylic acids is 1. The van der Waals surface area contributed by atoms with E-state index in [0.717, 1.165) is 5.75 Å². The molecule has 7 nitrogen and oxygen atoms in total. The van der Waals surface area contributed by atoms with Gasteiger partial charge in [0.15, 0.2) is 0 Å². The predicted molar refractivity (Wildman–Crippen MR) is 111 cm³/mol. The van der Waals surface area contributed by atoms with E-state index in [9.17, 15) is 13.2 Å². The maximum absolute atomic E-state index is 12.5. The zero-order valence-electron chi connectivity index (χ0n) is 15.9. The second kappa shape index (κ2) is 8.66. The number of carbonyl (C=O) groups is 1. The van der Waals surface area contributed by atoms with Crippen LogP contribution in [0.15, 0.2) is 77.7 Å². The van der Waals surface area contributed by atoms with E-state index in [1.165, 1.54) is 31.2 Å². The summed E-state index contributed by atoms with van der Waals surface area (Å²) in [5, 5.41) is 2.59. The Morgan fingerprint density at radius 2 is 1.24 bits per heavy atom. The molecule has 0 saturated heterocycles. The summed E-state index contributed by atoms with van der Waals surface area (Å²) in [5.74, 6) is 1.71. The fraction of sp³-hybridized carbons (Fsp3) is 0.0952. The van der Waals surface area contributed by atoms with Gasteiger partial charge in [0.2, 0.25) is 5.91 Å². The molecule has 29 heavy (non-hydrogen) atoms. The van der Waals surface area contributed by atoms with Gasteiger partial charge in [-0.3, -0.25) is 9.52 Å². The van der Waals surface area contributed by atoms with Crippen LogP contribution in [-0.4, -0.2) is 21.4 Å². The number of benzene rings is 3. The zero-order valence-corrected chi connectivity index (χ0v) is 16.7. The third-order valence-electron chi connectivity index (χ3n) is 3.89. The summed E-state index contributed by atoms with van der Waals surface area (Å²) < 4.78 is 38.4. The Hall–Kier alpha value is -3.52. The van der Waals surface area contributed by atoms with E-state index in [-0.39, 0.29) is 10.8 Å². The van der Waals surface area contributed by atoms with E-state index in [1.54, 1.807) is 55.6 Å². The molecule has 3 aromatic rings. The van der Waals surface area contributed by atoms with Gasteiger partial charge in [-0.15, -0.1) is 0 Å². The summed E-state index contributed by atoms with van der Waals surface area (Å²) in [4.78, 5) is 11.1. The lowest BCUT2D eigenvalue weighted by Crippen LogP contribution is -2.13. The van der Waals surface area contributed by atoms with E-state index in [1.807, 2.05) is 0 Å². The molecule has 0 atom stereocenters. The standard InChI is InChI=1S/C21H20N2O5S/c1-15(24)22-16-5-13-21(14-6-16)29(25,26)23-17-3-7-19(8-4-17)28-20-11-9-18(27-2)10-12-20/h3-14,23H,1-2H3,(H,22,24). The van der Waals surface area contributed by atoms with Crippen molar-refractivity contribution in [1.82, 2.24) is 0 Å². The van der Waals surface area contributed by atoms with Gasteiger partial charge < -0.3 is 14.8 Å². The normalized spacial score (nSPS) is 10.8. The molecule has 0 aliphatic heterocycles. The SMILES string of the molecule is COc1ccc(Oc2ccc(NS(=O)(=O)c3ccc(NC(C)=O)cc3)cc2)cc1. The molecule has 0 radical (unpaired) electrons. The maximum atomic E-state index is 12.5. The predicted octanol–water partition coefficient (Wildman–Crippen LogP) is 4.25. The number of sulfonamides is 1. The van der Waals surface area contributed by atoms with Gasteiger partial charge in [0.25, 0.3) is 10.0 Å². The van der Waals surface area contributed by atoms with Crippen molar-refractivity contribution in [3.8, 4) is 17.2 Å². The van der Waals surface area contributed by atoms with Crippen molar-refractivity contribution in [3.05, 3.63) is 72.8 Å². The summed E-state index contributed by atoms with van der Waals surface area (Å²) in [6.07, 6.45) is 0. The smallest absolute Gasteiger partial charge is 0.261 e. The second-order valence-corrected chi connectivity index (χ2v) is 7.80. The average molecular weight is 412 g/mol. The van der Waals surface area contributed by atoms with Crippen LogP contribution < -0.4 is 19.5 Å². The Labute approximate surface area is 169 Å². The van der Waals surface area contributed by atoms with E-state index >= 15 is 0 Å². The summed E-state index contributed by atoms with van der Waals surface area (Å²) >= 11 is 0. The van der Waals surface area contributed by atoms with Crippen LogP contribution >= 0.6 is 0 Å². The number of rotatable bonds is 7. The van der Waals surface area contributed by atoms with Crippen molar-refractivity contribution in [2.45, 2.75) is 11.8 Å². The second-order valence-electron chi connectivity index (χ2n) is 6.11. The van der Waals surface area contributed by atoms with Gasteiger partial charge in [0, 0.05) is 18.3 Å². The molecule has 0 aliphatic rings. The van der Waals surface area contributed by atoms with Crippen LogP contribution in [0.2, 0.25) is 0 Å². The van der Waals surface area contributed by atoms with E-state index in [4.69, 9.17) is 9.47 Å². The lowest BCUT2D eigenvalue weighted by atomic mass is 10.3. The molecule has 150 valence electrons. The number of hydrogen-bond acceptors (Lipinski definition) is 5. The Bertz CT molecular complexity index is 1080. The largest absolute Gasteiger partial charge is 0.497 e. The Morgan fingerprint density at radius 1 is 0.759 bits per heavy atom. The number of nitrogens with one attached hydrogen (secondary N) is 2. The number of anilines is 2. The number of amides is 1. The summed E-state index contributed by atoms with van der Waals surface area (Å²) in [6, 6.07) is 19.6. The molecule has 3 rings (SSSR count). The zero-order chi connectivity index (χ0) is 20.9. The molecule has 0 unspecified atom stereocenters. The maximum Gasteiger partial charge on any atom is 0.261 e. The lowest BCUT2D eigenvalue weighted by Gasteiger charge is -2.10. The molecule has 0 bridgehead atoms. The van der Waals surface area contributed by atoms with Crippen LogP contribution in [0, 0.1) is 0 Å². The van der Waals surface area contributed by atoms with Gasteiger partial charge in [-0.05, 0) is 72.8 Å². The average Bonchev–Trinajstić information content (AvgIpc) is 2.70. The molecular weight excluding hydrogens is 392 g/mol. The first kappa shape index (κ1) is 20.2. The summed E-state index contributed by atoms with van der Waals surface area (Å²) in [7, 11) is -2.17. The van der Waals surface area contributed by atoms with Gasteiger partial charge in [-0.25, -0.2) is 8.42 Å². The molecule has 8 heteroatoms. The van der Waals surface area contributed by atoms with Gasteiger partial charge in [0.05, 0.1) is 12.0 Å².